The van der Waals surface area contributed by atoms with Gasteiger partial charge in [-0.2, -0.15) is 0 Å². The van der Waals surface area contributed by atoms with E-state index in [4.69, 9.17) is 0 Å². The van der Waals surface area contributed by atoms with Crippen LogP contribution in [0.25, 0.3) is 0 Å². The molecule has 0 saturated heterocycles. The molecule has 0 aliphatic carbocycles. The van der Waals surface area contributed by atoms with E-state index in [-0.39, 0.29) is 12.5 Å². The maximum absolute atomic E-state index is 13.5. The Morgan fingerprint density at radius 2 is 1.68 bits per heavy atom. The number of carbonyl (C=O) groups excluding carboxylic acids is 2. The zero-order valence-electron chi connectivity index (χ0n) is 20.5. The van der Waals surface area contributed by atoms with Crippen molar-refractivity contribution < 1.29 is 22.4 Å². The third-order valence-electron chi connectivity index (χ3n) is 5.66. The van der Waals surface area contributed by atoms with Crippen LogP contribution in [0.4, 0.5) is 10.1 Å². The van der Waals surface area contributed by atoms with E-state index in [0.29, 0.717) is 24.2 Å². The number of anilines is 1. The summed E-state index contributed by atoms with van der Waals surface area (Å²) in [4.78, 5) is 27.8. The molecule has 2 aromatic rings. The largest absolute Gasteiger partial charge is 0.354 e. The average molecular weight is 492 g/mol. The van der Waals surface area contributed by atoms with Crippen LogP contribution in [0.5, 0.6) is 0 Å². The van der Waals surface area contributed by atoms with Crippen molar-refractivity contribution in [1.82, 2.24) is 10.2 Å². The van der Waals surface area contributed by atoms with Crippen LogP contribution in [-0.4, -0.2) is 50.5 Å². The number of nitrogens with one attached hydrogen (secondary N) is 1. The summed E-state index contributed by atoms with van der Waals surface area (Å²) in [6.45, 7) is 7.55. The minimum atomic E-state index is -3.79. The Morgan fingerprint density at radius 3 is 2.21 bits per heavy atom. The van der Waals surface area contributed by atoms with Gasteiger partial charge in [0.1, 0.15) is 18.4 Å². The molecule has 0 heterocycles. The second-order valence-corrected chi connectivity index (χ2v) is 10.3. The maximum atomic E-state index is 13.5. The number of benzene rings is 2. The highest BCUT2D eigenvalue weighted by molar-refractivity contribution is 7.92. The summed E-state index contributed by atoms with van der Waals surface area (Å²) in [5.41, 5.74) is 2.91. The monoisotopic (exact) mass is 491 g/mol. The molecule has 0 spiro atoms. The summed E-state index contributed by atoms with van der Waals surface area (Å²) in [6, 6.07) is 10.0. The van der Waals surface area contributed by atoms with Gasteiger partial charge in [0.05, 0.1) is 11.9 Å². The Hall–Kier alpha value is -2.94. The van der Waals surface area contributed by atoms with Crippen molar-refractivity contribution >= 4 is 27.5 Å². The van der Waals surface area contributed by atoms with Crippen LogP contribution in [0.3, 0.4) is 0 Å². The Bertz CT molecular complexity index is 1100. The van der Waals surface area contributed by atoms with Gasteiger partial charge >= 0.3 is 0 Å². The molecule has 0 unspecified atom stereocenters. The van der Waals surface area contributed by atoms with Crippen molar-refractivity contribution in [1.29, 1.82) is 0 Å². The lowest BCUT2D eigenvalue weighted by molar-refractivity contribution is -0.140. The Labute approximate surface area is 202 Å². The molecule has 0 saturated carbocycles. The first kappa shape index (κ1) is 27.3. The molecule has 2 aromatic carbocycles. The van der Waals surface area contributed by atoms with Crippen LogP contribution in [0.1, 0.15) is 43.4 Å². The van der Waals surface area contributed by atoms with E-state index in [2.05, 4.69) is 5.32 Å². The molecule has 0 aliphatic rings. The topological polar surface area (TPSA) is 86.8 Å². The summed E-state index contributed by atoms with van der Waals surface area (Å²) in [6.07, 6.45) is 2.12. The molecular formula is C25H34FN3O4S. The minimum Gasteiger partial charge on any atom is -0.354 e. The molecule has 0 aromatic heterocycles. The number of sulfonamides is 1. The highest BCUT2D eigenvalue weighted by atomic mass is 32.2. The van der Waals surface area contributed by atoms with E-state index < -0.39 is 34.3 Å². The summed E-state index contributed by atoms with van der Waals surface area (Å²) in [5.74, 6) is -1.24. The molecule has 0 fully saturated rings. The van der Waals surface area contributed by atoms with Crippen LogP contribution >= 0.6 is 0 Å². The highest BCUT2D eigenvalue weighted by Gasteiger charge is 2.31. The molecule has 34 heavy (non-hydrogen) atoms. The summed E-state index contributed by atoms with van der Waals surface area (Å²) in [5, 5.41) is 2.82. The van der Waals surface area contributed by atoms with Crippen molar-refractivity contribution in [3.05, 3.63) is 65.0 Å². The fourth-order valence-electron chi connectivity index (χ4n) is 3.57. The fourth-order valence-corrected chi connectivity index (χ4v) is 4.41. The van der Waals surface area contributed by atoms with Gasteiger partial charge in [0.2, 0.25) is 21.8 Å². The summed E-state index contributed by atoms with van der Waals surface area (Å²) in [7, 11) is -3.79. The molecule has 9 heteroatoms. The summed E-state index contributed by atoms with van der Waals surface area (Å²) >= 11 is 0. The van der Waals surface area contributed by atoms with E-state index in [1.54, 1.807) is 37.3 Å². The van der Waals surface area contributed by atoms with E-state index in [0.717, 1.165) is 28.1 Å². The number of hydrogen-bond acceptors (Lipinski definition) is 4. The van der Waals surface area contributed by atoms with Gasteiger partial charge in [-0.15, -0.1) is 0 Å². The van der Waals surface area contributed by atoms with Crippen LogP contribution < -0.4 is 9.62 Å². The normalized spacial score (nSPS) is 12.2. The van der Waals surface area contributed by atoms with E-state index in [1.807, 2.05) is 20.8 Å². The van der Waals surface area contributed by atoms with Crippen molar-refractivity contribution in [2.24, 2.45) is 0 Å². The standard InChI is InChI=1S/C25H34FN3O4S/c1-6-14-27-25(31)23(7-2)28(16-20-9-11-21(26)12-10-20)24(30)17-29(34(5,32)33)22-13-8-18(3)19(4)15-22/h8-13,15,23H,6-7,14,16-17H2,1-5H3,(H,27,31)/t23-/m1/s1. The lowest BCUT2D eigenvalue weighted by atomic mass is 10.1. The number of aryl methyl sites for hydroxylation is 2. The van der Waals surface area contributed by atoms with Crippen LogP contribution in [0.15, 0.2) is 42.5 Å². The van der Waals surface area contributed by atoms with E-state index in [9.17, 15) is 22.4 Å². The van der Waals surface area contributed by atoms with Crippen molar-refractivity contribution in [3.63, 3.8) is 0 Å². The maximum Gasteiger partial charge on any atom is 0.244 e. The van der Waals surface area contributed by atoms with Gasteiger partial charge in [-0.1, -0.05) is 32.0 Å². The van der Waals surface area contributed by atoms with Gasteiger partial charge in [-0.25, -0.2) is 12.8 Å². The third-order valence-corrected chi connectivity index (χ3v) is 6.80. The fraction of sp³-hybridized carbons (Fsp3) is 0.440. The van der Waals surface area contributed by atoms with Gasteiger partial charge in [-0.3, -0.25) is 13.9 Å². The zero-order chi connectivity index (χ0) is 25.5. The predicted octanol–water partition coefficient (Wildman–Crippen LogP) is 3.54. The second-order valence-electron chi connectivity index (χ2n) is 8.40. The van der Waals surface area contributed by atoms with Crippen molar-refractivity contribution in [2.45, 2.75) is 53.1 Å². The molecule has 0 bridgehead atoms. The molecule has 186 valence electrons. The van der Waals surface area contributed by atoms with Crippen LogP contribution in [0.2, 0.25) is 0 Å². The van der Waals surface area contributed by atoms with Crippen molar-refractivity contribution in [2.75, 3.05) is 23.7 Å². The number of halogens is 1. The van der Waals surface area contributed by atoms with Crippen LogP contribution in [0, 0.1) is 19.7 Å². The van der Waals surface area contributed by atoms with E-state index >= 15 is 0 Å². The SMILES string of the molecule is CCCNC(=O)[C@@H](CC)N(Cc1ccc(F)cc1)C(=O)CN(c1ccc(C)c(C)c1)S(C)(=O)=O. The number of nitrogens with zero attached hydrogens (tertiary/aromatic N) is 2. The molecule has 2 amide bonds. The van der Waals surface area contributed by atoms with Gasteiger partial charge in [0.15, 0.2) is 0 Å². The first-order valence-corrected chi connectivity index (χ1v) is 13.2. The quantitative estimate of drug-likeness (QED) is 0.521. The van der Waals surface area contributed by atoms with Gasteiger partial charge in [0.25, 0.3) is 0 Å². The number of hydrogen-bond donors (Lipinski definition) is 1. The van der Waals surface area contributed by atoms with Gasteiger partial charge < -0.3 is 10.2 Å². The number of amides is 2. The predicted molar refractivity (Wildman–Crippen MR) is 132 cm³/mol. The lowest BCUT2D eigenvalue weighted by Gasteiger charge is -2.33. The first-order chi connectivity index (χ1) is 16.0. The average Bonchev–Trinajstić information content (AvgIpc) is 2.78. The number of rotatable bonds is 11. The number of carbonyl (C=O) groups is 2. The highest BCUT2D eigenvalue weighted by Crippen LogP contribution is 2.22. The molecule has 0 aliphatic heterocycles. The Kier molecular flexibility index (Phi) is 9.61. The van der Waals surface area contributed by atoms with Crippen LogP contribution in [-0.2, 0) is 26.2 Å². The second kappa shape index (κ2) is 12.0. The van der Waals surface area contributed by atoms with Gasteiger partial charge in [-0.05, 0) is 67.6 Å². The molecule has 1 atom stereocenters. The van der Waals surface area contributed by atoms with Crippen molar-refractivity contribution in [3.8, 4) is 0 Å². The molecule has 7 nitrogen and oxygen atoms in total. The molecular weight excluding hydrogens is 457 g/mol. The molecule has 1 N–H and O–H groups in total. The van der Waals surface area contributed by atoms with Gasteiger partial charge in [0, 0.05) is 13.1 Å². The first-order valence-electron chi connectivity index (χ1n) is 11.3. The van der Waals surface area contributed by atoms with E-state index in [1.165, 1.54) is 17.0 Å². The smallest absolute Gasteiger partial charge is 0.244 e. The Morgan fingerprint density at radius 1 is 1.03 bits per heavy atom. The Balaban J connectivity index is 2.43. The lowest BCUT2D eigenvalue weighted by Crippen LogP contribution is -2.52. The minimum absolute atomic E-state index is 0.0433. The zero-order valence-corrected chi connectivity index (χ0v) is 21.3. The summed E-state index contributed by atoms with van der Waals surface area (Å²) < 4.78 is 39.7. The molecule has 2 rings (SSSR count). The third kappa shape index (κ3) is 7.28. The molecule has 0 radical (unpaired) electrons.